The fraction of sp³-hybridized carbons (Fsp3) is 0. The second kappa shape index (κ2) is 10.2. The Bertz CT molecular complexity index is 1760. The molecular weight excluding hydrogens is 520 g/mol. The van der Waals surface area contributed by atoms with Crippen LogP contribution in [0.4, 0.5) is 0 Å². The van der Waals surface area contributed by atoms with Crippen LogP contribution in [0.15, 0.2) is 147 Å². The first-order valence-electron chi connectivity index (χ1n) is 11.6. The van der Waals surface area contributed by atoms with E-state index in [9.17, 15) is 21.9 Å². The molecule has 0 saturated carbocycles. The summed E-state index contributed by atoms with van der Waals surface area (Å²) < 4.78 is 57.6. The molecule has 1 N–H and O–H groups in total. The van der Waals surface area contributed by atoms with E-state index in [0.29, 0.717) is 11.5 Å². The molecule has 0 amide bonds. The van der Waals surface area contributed by atoms with Gasteiger partial charge in [-0.1, -0.05) is 42.5 Å². The topological polar surface area (TPSA) is 97.7 Å². The van der Waals surface area contributed by atoms with Crippen molar-refractivity contribution in [1.29, 1.82) is 0 Å². The van der Waals surface area contributed by atoms with E-state index in [1.165, 1.54) is 36.4 Å². The van der Waals surface area contributed by atoms with Crippen LogP contribution in [0.5, 0.6) is 17.2 Å². The number of hydrogen-bond acceptors (Lipinski definition) is 6. The monoisotopic (exact) mass is 542 g/mol. The maximum absolute atomic E-state index is 13.1. The Kier molecular flexibility index (Phi) is 6.75. The molecule has 0 saturated heterocycles. The zero-order valence-electron chi connectivity index (χ0n) is 19.9. The Morgan fingerprint density at radius 3 is 1.18 bits per heavy atom. The average Bonchev–Trinajstić information content (AvgIpc) is 2.95. The van der Waals surface area contributed by atoms with E-state index < -0.39 is 19.7 Å². The Balaban J connectivity index is 1.32. The molecule has 5 aromatic rings. The summed E-state index contributed by atoms with van der Waals surface area (Å²) in [7, 11) is -7.37. The van der Waals surface area contributed by atoms with E-state index in [1.54, 1.807) is 91.0 Å². The highest BCUT2D eigenvalue weighted by Crippen LogP contribution is 2.29. The van der Waals surface area contributed by atoms with Gasteiger partial charge in [-0.15, -0.1) is 0 Å². The van der Waals surface area contributed by atoms with Crippen molar-refractivity contribution in [3.8, 4) is 28.4 Å². The quantitative estimate of drug-likeness (QED) is 0.252. The van der Waals surface area contributed by atoms with Crippen molar-refractivity contribution in [2.24, 2.45) is 0 Å². The molecule has 0 aromatic heterocycles. The smallest absolute Gasteiger partial charge is 0.206 e. The van der Waals surface area contributed by atoms with Crippen LogP contribution in [0, 0.1) is 0 Å². The minimum Gasteiger partial charge on any atom is -0.508 e. The van der Waals surface area contributed by atoms with E-state index >= 15 is 0 Å². The van der Waals surface area contributed by atoms with Gasteiger partial charge in [0.05, 0.1) is 19.6 Å². The van der Waals surface area contributed by atoms with Crippen LogP contribution in [0.25, 0.3) is 11.1 Å². The molecule has 0 aliphatic rings. The van der Waals surface area contributed by atoms with E-state index in [4.69, 9.17) is 4.74 Å². The highest BCUT2D eigenvalue weighted by atomic mass is 32.2. The van der Waals surface area contributed by atoms with Crippen LogP contribution in [-0.2, 0) is 19.7 Å². The molecule has 0 spiro atoms. The molecule has 0 unspecified atom stereocenters. The predicted octanol–water partition coefficient (Wildman–Crippen LogP) is 6.52. The largest absolute Gasteiger partial charge is 0.508 e. The maximum atomic E-state index is 13.1. The average molecular weight is 543 g/mol. The van der Waals surface area contributed by atoms with Gasteiger partial charge in [-0.2, -0.15) is 0 Å². The van der Waals surface area contributed by atoms with Crippen LogP contribution in [0.2, 0.25) is 0 Å². The van der Waals surface area contributed by atoms with E-state index in [2.05, 4.69) is 0 Å². The van der Waals surface area contributed by atoms with Crippen LogP contribution in [0.1, 0.15) is 0 Å². The van der Waals surface area contributed by atoms with Gasteiger partial charge in [-0.05, 0) is 96.1 Å². The van der Waals surface area contributed by atoms with E-state index in [-0.39, 0.29) is 25.3 Å². The normalized spacial score (nSPS) is 11.7. The fourth-order valence-corrected chi connectivity index (χ4v) is 6.40. The predicted molar refractivity (Wildman–Crippen MR) is 144 cm³/mol. The van der Waals surface area contributed by atoms with E-state index in [0.717, 1.165) is 11.1 Å². The number of rotatable bonds is 7. The lowest BCUT2D eigenvalue weighted by Gasteiger charge is -2.09. The lowest BCUT2D eigenvalue weighted by molar-refractivity contribution is 0.464. The van der Waals surface area contributed by atoms with Crippen LogP contribution < -0.4 is 4.74 Å². The standard InChI is InChI=1S/C30H22O6S2/c31-24-10-12-25(13-11-24)36-26-14-20-30(21-15-26)38(34,35)29-18-8-23(9-19-29)22-6-16-28(17-7-22)37(32,33)27-4-2-1-3-5-27/h1-21,31H. The molecule has 5 aromatic carbocycles. The summed E-state index contributed by atoms with van der Waals surface area (Å²) in [4.78, 5) is 0.669. The van der Waals surface area contributed by atoms with Crippen molar-refractivity contribution in [3.63, 3.8) is 0 Å². The van der Waals surface area contributed by atoms with Gasteiger partial charge < -0.3 is 9.84 Å². The lowest BCUT2D eigenvalue weighted by atomic mass is 10.1. The van der Waals surface area contributed by atoms with Gasteiger partial charge in [0.2, 0.25) is 19.7 Å². The summed E-state index contributed by atoms with van der Waals surface area (Å²) in [6, 6.07) is 33.5. The molecular formula is C30H22O6S2. The van der Waals surface area contributed by atoms with E-state index in [1.807, 2.05) is 0 Å². The lowest BCUT2D eigenvalue weighted by Crippen LogP contribution is -2.02. The van der Waals surface area contributed by atoms with Gasteiger partial charge in [0, 0.05) is 0 Å². The number of phenolic OH excluding ortho intramolecular Hbond substituents is 1. The number of sulfone groups is 2. The molecule has 0 radical (unpaired) electrons. The number of benzene rings is 5. The number of phenols is 1. The molecule has 0 bridgehead atoms. The second-order valence-corrected chi connectivity index (χ2v) is 12.3. The minimum absolute atomic E-state index is 0.123. The van der Waals surface area contributed by atoms with Crippen LogP contribution in [-0.4, -0.2) is 21.9 Å². The number of aromatic hydroxyl groups is 1. The van der Waals surface area contributed by atoms with Crippen molar-refractivity contribution in [1.82, 2.24) is 0 Å². The van der Waals surface area contributed by atoms with Gasteiger partial charge in [0.15, 0.2) is 0 Å². The summed E-state index contributed by atoms with van der Waals surface area (Å²) in [5.74, 6) is 1.10. The second-order valence-electron chi connectivity index (χ2n) is 8.44. The Morgan fingerprint density at radius 1 is 0.421 bits per heavy atom. The summed E-state index contributed by atoms with van der Waals surface area (Å²) in [5.41, 5.74) is 1.52. The fourth-order valence-electron chi connectivity index (χ4n) is 3.86. The molecule has 38 heavy (non-hydrogen) atoms. The molecule has 6 nitrogen and oxygen atoms in total. The van der Waals surface area contributed by atoms with Crippen molar-refractivity contribution in [3.05, 3.63) is 127 Å². The minimum atomic E-state index is -3.76. The zero-order valence-corrected chi connectivity index (χ0v) is 21.6. The maximum Gasteiger partial charge on any atom is 0.206 e. The summed E-state index contributed by atoms with van der Waals surface area (Å²) in [6.07, 6.45) is 0. The third-order valence-electron chi connectivity index (χ3n) is 5.92. The van der Waals surface area contributed by atoms with Gasteiger partial charge in [0.1, 0.15) is 17.2 Å². The van der Waals surface area contributed by atoms with Gasteiger partial charge in [0.25, 0.3) is 0 Å². The van der Waals surface area contributed by atoms with Crippen LogP contribution in [0.3, 0.4) is 0 Å². The molecule has 0 atom stereocenters. The zero-order chi connectivity index (χ0) is 26.8. The van der Waals surface area contributed by atoms with Crippen LogP contribution >= 0.6 is 0 Å². The Hall–Kier alpha value is -4.40. The molecule has 0 aliphatic carbocycles. The van der Waals surface area contributed by atoms with Gasteiger partial charge >= 0.3 is 0 Å². The highest BCUT2D eigenvalue weighted by Gasteiger charge is 2.19. The van der Waals surface area contributed by atoms with Gasteiger partial charge in [-0.3, -0.25) is 0 Å². The van der Waals surface area contributed by atoms with Gasteiger partial charge in [-0.25, -0.2) is 16.8 Å². The Morgan fingerprint density at radius 2 is 0.763 bits per heavy atom. The number of hydrogen-bond donors (Lipinski definition) is 1. The summed E-state index contributed by atoms with van der Waals surface area (Å²) in [5, 5.41) is 9.37. The van der Waals surface area contributed by atoms with Crippen molar-refractivity contribution < 1.29 is 26.7 Å². The van der Waals surface area contributed by atoms with Crippen molar-refractivity contribution >= 4 is 19.7 Å². The van der Waals surface area contributed by atoms with Crippen molar-refractivity contribution in [2.45, 2.75) is 19.6 Å². The first-order chi connectivity index (χ1) is 18.2. The first-order valence-corrected chi connectivity index (χ1v) is 14.5. The molecule has 5 rings (SSSR count). The molecule has 8 heteroatoms. The third kappa shape index (κ3) is 5.18. The molecule has 0 fully saturated rings. The summed E-state index contributed by atoms with van der Waals surface area (Å²) in [6.45, 7) is 0. The SMILES string of the molecule is O=S(=O)(c1ccccc1)c1ccc(-c2ccc(S(=O)(=O)c3ccc(Oc4ccc(O)cc4)cc3)cc2)cc1. The molecule has 190 valence electrons. The molecule has 0 heterocycles. The third-order valence-corrected chi connectivity index (χ3v) is 9.49. The Labute approximate surface area is 221 Å². The highest BCUT2D eigenvalue weighted by molar-refractivity contribution is 7.91. The molecule has 0 aliphatic heterocycles. The first kappa shape index (κ1) is 25.3. The number of ether oxygens (including phenoxy) is 1. The van der Waals surface area contributed by atoms with Crippen molar-refractivity contribution in [2.75, 3.05) is 0 Å². The summed E-state index contributed by atoms with van der Waals surface area (Å²) >= 11 is 0.